The van der Waals surface area contributed by atoms with Crippen molar-refractivity contribution in [3.05, 3.63) is 34.4 Å². The largest absolute Gasteiger partial charge is 0.0547 e. The van der Waals surface area contributed by atoms with E-state index in [9.17, 15) is 0 Å². The maximum atomic E-state index is 2.80. The topological polar surface area (TPSA) is 0 Å². The third-order valence-corrected chi connectivity index (χ3v) is 10.2. The quantitative estimate of drug-likeness (QED) is 0.485. The zero-order valence-corrected chi connectivity index (χ0v) is 18.9. The molecule has 0 spiro atoms. The van der Waals surface area contributed by atoms with Gasteiger partial charge in [0.05, 0.1) is 0 Å². The SMILES string of the molecule is Cc1c(C2CCCCC2)cc(C23CC4CC(CC(C4)C2)C3)cc1C1CCCCC1. The standard InChI is InChI=1S/C29H42/c1-20-27(24-8-4-2-5-9-24)15-26(16-28(20)25-10-6-3-7-11-25)29-17-21-12-22(18-29)14-23(13-21)19-29/h15-16,21-25H,2-14,17-19H2,1H3. The number of rotatable bonds is 3. The van der Waals surface area contributed by atoms with Crippen LogP contribution in [0.2, 0.25) is 0 Å². The highest BCUT2D eigenvalue weighted by Gasteiger charge is 2.51. The van der Waals surface area contributed by atoms with E-state index in [4.69, 9.17) is 0 Å². The van der Waals surface area contributed by atoms with Crippen molar-refractivity contribution in [2.75, 3.05) is 0 Å². The Morgan fingerprint density at radius 2 is 1.03 bits per heavy atom. The van der Waals surface area contributed by atoms with Gasteiger partial charge in [0.1, 0.15) is 0 Å². The number of benzene rings is 1. The monoisotopic (exact) mass is 390 g/mol. The summed E-state index contributed by atoms with van der Waals surface area (Å²) in [5.41, 5.74) is 7.72. The zero-order valence-electron chi connectivity index (χ0n) is 18.9. The molecule has 6 aliphatic carbocycles. The van der Waals surface area contributed by atoms with Crippen molar-refractivity contribution in [2.24, 2.45) is 17.8 Å². The van der Waals surface area contributed by atoms with Gasteiger partial charge in [-0.2, -0.15) is 0 Å². The molecule has 0 heteroatoms. The average Bonchev–Trinajstić information content (AvgIpc) is 2.74. The van der Waals surface area contributed by atoms with E-state index in [0.717, 1.165) is 29.6 Å². The van der Waals surface area contributed by atoms with Gasteiger partial charge >= 0.3 is 0 Å². The van der Waals surface area contributed by atoms with Crippen molar-refractivity contribution in [3.63, 3.8) is 0 Å². The molecule has 29 heavy (non-hydrogen) atoms. The molecular weight excluding hydrogens is 348 g/mol. The van der Waals surface area contributed by atoms with Crippen LogP contribution in [-0.2, 0) is 5.41 Å². The summed E-state index contributed by atoms with van der Waals surface area (Å²) in [6, 6.07) is 5.59. The molecule has 0 aliphatic heterocycles. The predicted molar refractivity (Wildman–Crippen MR) is 123 cm³/mol. The molecule has 158 valence electrons. The smallest absolute Gasteiger partial charge is 0.00389 e. The summed E-state index contributed by atoms with van der Waals surface area (Å²) >= 11 is 0. The Bertz CT molecular complexity index is 669. The van der Waals surface area contributed by atoms with Crippen LogP contribution in [0.5, 0.6) is 0 Å². The fourth-order valence-electron chi connectivity index (χ4n) is 9.21. The molecule has 0 N–H and O–H groups in total. The van der Waals surface area contributed by atoms with Crippen LogP contribution in [0, 0.1) is 24.7 Å². The molecule has 0 saturated heterocycles. The van der Waals surface area contributed by atoms with Gasteiger partial charge in [-0.25, -0.2) is 0 Å². The van der Waals surface area contributed by atoms with Crippen LogP contribution in [0.15, 0.2) is 12.1 Å². The lowest BCUT2D eigenvalue weighted by Gasteiger charge is -2.57. The first-order chi connectivity index (χ1) is 14.2. The third kappa shape index (κ3) is 3.32. The van der Waals surface area contributed by atoms with E-state index in [1.54, 1.807) is 36.0 Å². The lowest BCUT2D eigenvalue weighted by Crippen LogP contribution is -2.48. The van der Waals surface area contributed by atoms with Crippen LogP contribution >= 0.6 is 0 Å². The van der Waals surface area contributed by atoms with Crippen LogP contribution < -0.4 is 0 Å². The van der Waals surface area contributed by atoms with E-state index in [1.165, 1.54) is 83.5 Å². The molecule has 6 aliphatic rings. The minimum Gasteiger partial charge on any atom is -0.0547 e. The van der Waals surface area contributed by atoms with Crippen molar-refractivity contribution in [3.8, 4) is 0 Å². The maximum absolute atomic E-state index is 2.80. The lowest BCUT2D eigenvalue weighted by atomic mass is 9.48. The Hall–Kier alpha value is -0.780. The van der Waals surface area contributed by atoms with Crippen LogP contribution in [0.3, 0.4) is 0 Å². The molecule has 1 aromatic carbocycles. The Labute approximate surface area is 179 Å². The zero-order chi connectivity index (χ0) is 19.4. The second-order valence-corrected chi connectivity index (χ2v) is 12.1. The van der Waals surface area contributed by atoms with Crippen LogP contribution in [0.1, 0.15) is 137 Å². The summed E-state index contributed by atoms with van der Waals surface area (Å²) in [5.74, 6) is 4.89. The third-order valence-electron chi connectivity index (χ3n) is 10.2. The van der Waals surface area contributed by atoms with Crippen molar-refractivity contribution in [2.45, 2.75) is 127 Å². The molecule has 1 aromatic rings. The highest BCUT2D eigenvalue weighted by molar-refractivity contribution is 5.46. The first-order valence-electron chi connectivity index (χ1n) is 13.3. The van der Waals surface area contributed by atoms with Crippen LogP contribution in [0.25, 0.3) is 0 Å². The normalized spacial score (nSPS) is 37.9. The lowest BCUT2D eigenvalue weighted by molar-refractivity contribution is -0.00529. The van der Waals surface area contributed by atoms with E-state index < -0.39 is 0 Å². The summed E-state index contributed by atoms with van der Waals surface area (Å²) in [4.78, 5) is 0. The summed E-state index contributed by atoms with van der Waals surface area (Å²) in [7, 11) is 0. The number of hydrogen-bond acceptors (Lipinski definition) is 0. The molecule has 4 bridgehead atoms. The molecule has 6 saturated carbocycles. The summed E-state index contributed by atoms with van der Waals surface area (Å²) in [6.45, 7) is 2.51. The average molecular weight is 391 g/mol. The second kappa shape index (κ2) is 7.42. The highest BCUT2D eigenvalue weighted by atomic mass is 14.6. The Kier molecular flexibility index (Phi) is 4.85. The van der Waals surface area contributed by atoms with Crippen LogP contribution in [0.4, 0.5) is 0 Å². The van der Waals surface area contributed by atoms with Crippen molar-refractivity contribution < 1.29 is 0 Å². The molecule has 0 nitrogen and oxygen atoms in total. The van der Waals surface area contributed by atoms with E-state index >= 15 is 0 Å². The Morgan fingerprint density at radius 3 is 1.45 bits per heavy atom. The van der Waals surface area contributed by atoms with Gasteiger partial charge in [0.15, 0.2) is 0 Å². The molecule has 0 unspecified atom stereocenters. The molecule has 0 aromatic heterocycles. The minimum atomic E-state index is 0.565. The molecule has 0 atom stereocenters. The first-order valence-corrected chi connectivity index (χ1v) is 13.3. The molecule has 0 amide bonds. The summed E-state index contributed by atoms with van der Waals surface area (Å²) in [5, 5.41) is 0. The van der Waals surface area contributed by atoms with Gasteiger partial charge in [0, 0.05) is 0 Å². The predicted octanol–water partition coefficient (Wildman–Crippen LogP) is 8.56. The highest BCUT2D eigenvalue weighted by Crippen LogP contribution is 2.61. The molecular formula is C29H42. The van der Waals surface area contributed by atoms with Gasteiger partial charge in [0.2, 0.25) is 0 Å². The Balaban J connectivity index is 1.44. The van der Waals surface area contributed by atoms with E-state index in [-0.39, 0.29) is 0 Å². The van der Waals surface area contributed by atoms with Crippen molar-refractivity contribution in [1.29, 1.82) is 0 Å². The minimum absolute atomic E-state index is 0.565. The van der Waals surface area contributed by atoms with E-state index in [2.05, 4.69) is 19.1 Å². The fourth-order valence-corrected chi connectivity index (χ4v) is 9.21. The van der Waals surface area contributed by atoms with Gasteiger partial charge < -0.3 is 0 Å². The molecule has 7 rings (SSSR count). The molecule has 0 radical (unpaired) electrons. The number of hydrogen-bond donors (Lipinski definition) is 0. The molecule has 6 fully saturated rings. The van der Waals surface area contributed by atoms with Crippen molar-refractivity contribution >= 4 is 0 Å². The van der Waals surface area contributed by atoms with Gasteiger partial charge in [-0.05, 0) is 128 Å². The van der Waals surface area contributed by atoms with Gasteiger partial charge in [-0.3, -0.25) is 0 Å². The van der Waals surface area contributed by atoms with Gasteiger partial charge in [-0.1, -0.05) is 50.7 Å². The van der Waals surface area contributed by atoms with Gasteiger partial charge in [0.25, 0.3) is 0 Å². The van der Waals surface area contributed by atoms with Crippen LogP contribution in [-0.4, -0.2) is 0 Å². The van der Waals surface area contributed by atoms with E-state index in [1.807, 2.05) is 5.56 Å². The van der Waals surface area contributed by atoms with Gasteiger partial charge in [-0.15, -0.1) is 0 Å². The first kappa shape index (κ1) is 18.9. The second-order valence-electron chi connectivity index (χ2n) is 12.1. The fraction of sp³-hybridized carbons (Fsp3) is 0.793. The van der Waals surface area contributed by atoms with E-state index in [0.29, 0.717) is 5.41 Å². The Morgan fingerprint density at radius 1 is 0.621 bits per heavy atom. The molecule has 0 heterocycles. The summed E-state index contributed by atoms with van der Waals surface area (Å²) in [6.07, 6.45) is 23.9. The summed E-state index contributed by atoms with van der Waals surface area (Å²) < 4.78 is 0. The van der Waals surface area contributed by atoms with Crippen molar-refractivity contribution in [1.82, 2.24) is 0 Å². The maximum Gasteiger partial charge on any atom is -0.00389 e.